The molecule has 1 fully saturated rings. The molecule has 1 heterocycles. The quantitative estimate of drug-likeness (QED) is 0.891. The van der Waals surface area contributed by atoms with Gasteiger partial charge in [0, 0.05) is 10.4 Å². The van der Waals surface area contributed by atoms with Crippen LogP contribution in [0.5, 0.6) is 0 Å². The zero-order valence-electron chi connectivity index (χ0n) is 12.2. The summed E-state index contributed by atoms with van der Waals surface area (Å²) in [5.74, 6) is 0.487. The van der Waals surface area contributed by atoms with Crippen molar-refractivity contribution in [3.63, 3.8) is 0 Å². The van der Waals surface area contributed by atoms with Crippen LogP contribution in [0, 0.1) is 0 Å². The summed E-state index contributed by atoms with van der Waals surface area (Å²) in [6, 6.07) is 10.5. The van der Waals surface area contributed by atoms with Crippen LogP contribution in [0.25, 0.3) is 11.3 Å². The number of benzene rings is 1. The zero-order chi connectivity index (χ0) is 14.2. The van der Waals surface area contributed by atoms with Gasteiger partial charge in [0.15, 0.2) is 0 Å². The van der Waals surface area contributed by atoms with Gasteiger partial charge < -0.3 is 5.73 Å². The van der Waals surface area contributed by atoms with Crippen LogP contribution in [0.1, 0.15) is 55.3 Å². The predicted octanol–water partition coefficient (Wildman–Crippen LogP) is 4.66. The molecule has 2 aromatic rings. The van der Waals surface area contributed by atoms with E-state index >= 15 is 0 Å². The van der Waals surface area contributed by atoms with E-state index in [1.165, 1.54) is 23.3 Å². The van der Waals surface area contributed by atoms with Gasteiger partial charge in [0.25, 0.3) is 0 Å². The van der Waals surface area contributed by atoms with Gasteiger partial charge in [-0.3, -0.25) is 0 Å². The summed E-state index contributed by atoms with van der Waals surface area (Å²) in [5, 5.41) is 1.14. The number of nitrogens with zero attached hydrogens (tertiary/aromatic N) is 1. The van der Waals surface area contributed by atoms with Crippen molar-refractivity contribution in [3.05, 3.63) is 40.2 Å². The number of nitrogens with two attached hydrogens (primary N) is 1. The highest BCUT2D eigenvalue weighted by molar-refractivity contribution is 7.12. The van der Waals surface area contributed by atoms with E-state index in [2.05, 4.69) is 38.1 Å². The van der Waals surface area contributed by atoms with Crippen molar-refractivity contribution in [2.45, 2.75) is 51.0 Å². The molecule has 2 nitrogen and oxygen atoms in total. The standard InChI is InChI=1S/C17H22N2S/c1-12(2)15-14(13-8-4-3-5-9-13)19-16(20-15)17(18)10-6-7-11-17/h3-5,8-9,12H,6-7,10-11,18H2,1-2H3. The topological polar surface area (TPSA) is 38.9 Å². The Kier molecular flexibility index (Phi) is 3.65. The van der Waals surface area contributed by atoms with Crippen LogP contribution in [-0.4, -0.2) is 4.98 Å². The highest BCUT2D eigenvalue weighted by Gasteiger charge is 2.35. The molecule has 1 saturated carbocycles. The number of aromatic nitrogens is 1. The molecule has 106 valence electrons. The summed E-state index contributed by atoms with van der Waals surface area (Å²) >= 11 is 1.82. The van der Waals surface area contributed by atoms with E-state index < -0.39 is 0 Å². The number of hydrogen-bond acceptors (Lipinski definition) is 3. The van der Waals surface area contributed by atoms with Crippen molar-refractivity contribution in [1.82, 2.24) is 4.98 Å². The molecule has 0 aliphatic heterocycles. The number of thiazole rings is 1. The fraction of sp³-hybridized carbons (Fsp3) is 0.471. The second-order valence-corrected chi connectivity index (χ2v) is 7.15. The van der Waals surface area contributed by atoms with Crippen LogP contribution in [0.4, 0.5) is 0 Å². The van der Waals surface area contributed by atoms with Crippen LogP contribution in [0.3, 0.4) is 0 Å². The average Bonchev–Trinajstić information content (AvgIpc) is 3.07. The van der Waals surface area contributed by atoms with Gasteiger partial charge >= 0.3 is 0 Å². The monoisotopic (exact) mass is 286 g/mol. The molecule has 1 aromatic heterocycles. The van der Waals surface area contributed by atoms with Crippen molar-refractivity contribution in [1.29, 1.82) is 0 Å². The van der Waals surface area contributed by atoms with Gasteiger partial charge in [0.05, 0.1) is 11.2 Å². The van der Waals surface area contributed by atoms with Crippen molar-refractivity contribution in [2.75, 3.05) is 0 Å². The highest BCUT2D eigenvalue weighted by Crippen LogP contribution is 2.42. The first-order chi connectivity index (χ1) is 9.60. The molecule has 0 bridgehead atoms. The lowest BCUT2D eigenvalue weighted by Gasteiger charge is -2.19. The van der Waals surface area contributed by atoms with E-state index in [1.807, 2.05) is 17.4 Å². The van der Waals surface area contributed by atoms with Crippen LogP contribution in [0.2, 0.25) is 0 Å². The molecule has 3 rings (SSSR count). The molecule has 0 amide bonds. The van der Waals surface area contributed by atoms with Crippen LogP contribution in [0.15, 0.2) is 30.3 Å². The minimum atomic E-state index is -0.179. The van der Waals surface area contributed by atoms with Gasteiger partial charge in [-0.05, 0) is 18.8 Å². The SMILES string of the molecule is CC(C)c1sc(C2(N)CCCC2)nc1-c1ccccc1. The lowest BCUT2D eigenvalue weighted by Crippen LogP contribution is -2.32. The minimum absolute atomic E-state index is 0.179. The summed E-state index contributed by atoms with van der Waals surface area (Å²) in [5.41, 5.74) is 8.75. The summed E-state index contributed by atoms with van der Waals surface area (Å²) in [6.07, 6.45) is 4.61. The van der Waals surface area contributed by atoms with E-state index in [9.17, 15) is 0 Å². The summed E-state index contributed by atoms with van der Waals surface area (Å²) in [6.45, 7) is 4.48. The van der Waals surface area contributed by atoms with E-state index in [0.29, 0.717) is 5.92 Å². The maximum Gasteiger partial charge on any atom is 0.113 e. The molecular formula is C17H22N2S. The minimum Gasteiger partial charge on any atom is -0.319 e. The Morgan fingerprint density at radius 3 is 2.40 bits per heavy atom. The highest BCUT2D eigenvalue weighted by atomic mass is 32.1. The number of hydrogen-bond donors (Lipinski definition) is 1. The molecule has 1 aliphatic rings. The van der Waals surface area contributed by atoms with Crippen LogP contribution < -0.4 is 5.73 Å². The van der Waals surface area contributed by atoms with Gasteiger partial charge in [0.2, 0.25) is 0 Å². The Labute approximate surface area is 125 Å². The molecule has 2 N–H and O–H groups in total. The molecular weight excluding hydrogens is 264 g/mol. The third-order valence-electron chi connectivity index (χ3n) is 4.15. The van der Waals surface area contributed by atoms with Gasteiger partial charge in [-0.1, -0.05) is 57.0 Å². The van der Waals surface area contributed by atoms with Crippen LogP contribution >= 0.6 is 11.3 Å². The maximum atomic E-state index is 6.59. The normalized spacial score (nSPS) is 17.8. The molecule has 20 heavy (non-hydrogen) atoms. The smallest absolute Gasteiger partial charge is 0.113 e. The molecule has 0 radical (unpaired) electrons. The number of rotatable bonds is 3. The van der Waals surface area contributed by atoms with Gasteiger partial charge in [-0.15, -0.1) is 11.3 Å². The van der Waals surface area contributed by atoms with E-state index in [-0.39, 0.29) is 5.54 Å². The van der Waals surface area contributed by atoms with Crippen molar-refractivity contribution in [2.24, 2.45) is 5.73 Å². The molecule has 0 atom stereocenters. The summed E-state index contributed by atoms with van der Waals surface area (Å²) < 4.78 is 0. The fourth-order valence-corrected chi connectivity index (χ4v) is 4.21. The largest absolute Gasteiger partial charge is 0.319 e. The van der Waals surface area contributed by atoms with Gasteiger partial charge in [-0.2, -0.15) is 0 Å². The second-order valence-electron chi connectivity index (χ2n) is 6.12. The van der Waals surface area contributed by atoms with Crippen LogP contribution in [-0.2, 0) is 5.54 Å². The average molecular weight is 286 g/mol. The Morgan fingerprint density at radius 1 is 1.15 bits per heavy atom. The first kappa shape index (κ1) is 13.8. The first-order valence-electron chi connectivity index (χ1n) is 7.46. The Balaban J connectivity index is 2.08. The molecule has 0 unspecified atom stereocenters. The Bertz CT molecular complexity index is 580. The first-order valence-corrected chi connectivity index (χ1v) is 8.27. The molecule has 1 aromatic carbocycles. The maximum absolute atomic E-state index is 6.59. The summed E-state index contributed by atoms with van der Waals surface area (Å²) in [4.78, 5) is 6.31. The lowest BCUT2D eigenvalue weighted by atomic mass is 10.0. The molecule has 1 aliphatic carbocycles. The predicted molar refractivity (Wildman–Crippen MR) is 86.0 cm³/mol. The third kappa shape index (κ3) is 2.40. The summed E-state index contributed by atoms with van der Waals surface area (Å²) in [7, 11) is 0. The molecule has 3 heteroatoms. The zero-order valence-corrected chi connectivity index (χ0v) is 13.0. The van der Waals surface area contributed by atoms with Crippen molar-refractivity contribution < 1.29 is 0 Å². The van der Waals surface area contributed by atoms with Crippen molar-refractivity contribution in [3.8, 4) is 11.3 Å². The fourth-order valence-electron chi connectivity index (χ4n) is 2.96. The van der Waals surface area contributed by atoms with E-state index in [1.54, 1.807) is 0 Å². The lowest BCUT2D eigenvalue weighted by molar-refractivity contribution is 0.459. The Hall–Kier alpha value is -1.19. The molecule has 0 saturated heterocycles. The molecule has 0 spiro atoms. The van der Waals surface area contributed by atoms with E-state index in [0.717, 1.165) is 23.5 Å². The van der Waals surface area contributed by atoms with E-state index in [4.69, 9.17) is 10.7 Å². The third-order valence-corrected chi connectivity index (χ3v) is 5.72. The van der Waals surface area contributed by atoms with Crippen molar-refractivity contribution >= 4 is 11.3 Å². The second kappa shape index (κ2) is 5.30. The van der Waals surface area contributed by atoms with Gasteiger partial charge in [0.1, 0.15) is 5.01 Å². The van der Waals surface area contributed by atoms with Gasteiger partial charge in [-0.25, -0.2) is 4.98 Å². The Morgan fingerprint density at radius 2 is 1.80 bits per heavy atom.